The van der Waals surface area contributed by atoms with Gasteiger partial charge in [0.25, 0.3) is 5.91 Å². The molecule has 0 aliphatic carbocycles. The Bertz CT molecular complexity index is 886. The van der Waals surface area contributed by atoms with E-state index in [9.17, 15) is 4.79 Å². The Balaban J connectivity index is 1.78. The number of halogens is 1. The Labute approximate surface area is 157 Å². The molecule has 132 valence electrons. The van der Waals surface area contributed by atoms with Crippen molar-refractivity contribution in [2.75, 3.05) is 16.8 Å². The standard InChI is InChI=1S/C20H19ClN4O/c1-2-25(14-15-8-4-3-5-9-15)20-22-13-12-18(24-20)19(26)23-17-11-7-6-10-16(17)21/h3-13H,2,14H2,1H3,(H,23,26). The molecule has 0 fully saturated rings. The maximum absolute atomic E-state index is 12.5. The zero-order valence-corrected chi connectivity index (χ0v) is 15.1. The molecule has 0 bridgehead atoms. The van der Waals surface area contributed by atoms with Gasteiger partial charge in [0.2, 0.25) is 5.95 Å². The number of rotatable bonds is 6. The van der Waals surface area contributed by atoms with Crippen molar-refractivity contribution < 1.29 is 4.79 Å². The van der Waals surface area contributed by atoms with Crippen molar-refractivity contribution in [2.45, 2.75) is 13.5 Å². The van der Waals surface area contributed by atoms with Crippen LogP contribution in [0, 0.1) is 0 Å². The summed E-state index contributed by atoms with van der Waals surface area (Å²) in [7, 11) is 0. The number of aromatic nitrogens is 2. The third kappa shape index (κ3) is 4.37. The number of hydrogen-bond acceptors (Lipinski definition) is 4. The van der Waals surface area contributed by atoms with Crippen LogP contribution in [-0.4, -0.2) is 22.4 Å². The van der Waals surface area contributed by atoms with Gasteiger partial charge in [-0.05, 0) is 30.7 Å². The second-order valence-electron chi connectivity index (χ2n) is 5.68. The summed E-state index contributed by atoms with van der Waals surface area (Å²) in [5.41, 5.74) is 2.00. The minimum absolute atomic E-state index is 0.293. The van der Waals surface area contributed by atoms with E-state index in [1.165, 1.54) is 0 Å². The molecule has 0 spiro atoms. The van der Waals surface area contributed by atoms with E-state index in [4.69, 9.17) is 11.6 Å². The van der Waals surface area contributed by atoms with Gasteiger partial charge in [0.1, 0.15) is 5.69 Å². The van der Waals surface area contributed by atoms with Crippen molar-refractivity contribution in [2.24, 2.45) is 0 Å². The highest BCUT2D eigenvalue weighted by molar-refractivity contribution is 6.33. The van der Waals surface area contributed by atoms with Crippen molar-refractivity contribution in [3.63, 3.8) is 0 Å². The molecule has 26 heavy (non-hydrogen) atoms. The second kappa shape index (κ2) is 8.45. The zero-order chi connectivity index (χ0) is 18.4. The van der Waals surface area contributed by atoms with E-state index >= 15 is 0 Å². The Morgan fingerprint density at radius 2 is 1.81 bits per heavy atom. The minimum Gasteiger partial charge on any atom is -0.337 e. The van der Waals surface area contributed by atoms with Gasteiger partial charge in [0, 0.05) is 19.3 Å². The highest BCUT2D eigenvalue weighted by atomic mass is 35.5. The molecule has 0 aliphatic rings. The molecule has 0 atom stereocenters. The fourth-order valence-electron chi connectivity index (χ4n) is 2.50. The Morgan fingerprint density at radius 1 is 1.08 bits per heavy atom. The molecule has 2 aromatic carbocycles. The van der Waals surface area contributed by atoms with Gasteiger partial charge in [-0.1, -0.05) is 54.1 Å². The largest absolute Gasteiger partial charge is 0.337 e. The van der Waals surface area contributed by atoms with Crippen LogP contribution in [0.1, 0.15) is 23.0 Å². The molecule has 6 heteroatoms. The van der Waals surface area contributed by atoms with Gasteiger partial charge in [0.05, 0.1) is 10.7 Å². The van der Waals surface area contributed by atoms with E-state index in [1.54, 1.807) is 24.4 Å². The van der Waals surface area contributed by atoms with Crippen LogP contribution < -0.4 is 10.2 Å². The second-order valence-corrected chi connectivity index (χ2v) is 6.08. The van der Waals surface area contributed by atoms with Gasteiger partial charge >= 0.3 is 0 Å². The first kappa shape index (κ1) is 17.9. The Morgan fingerprint density at radius 3 is 2.54 bits per heavy atom. The zero-order valence-electron chi connectivity index (χ0n) is 14.4. The summed E-state index contributed by atoms with van der Waals surface area (Å²) in [6.45, 7) is 3.43. The van der Waals surface area contributed by atoms with Crippen molar-refractivity contribution in [1.29, 1.82) is 0 Å². The van der Waals surface area contributed by atoms with Crippen molar-refractivity contribution in [3.8, 4) is 0 Å². The molecule has 0 saturated heterocycles. The van der Waals surface area contributed by atoms with Crippen LogP contribution in [0.5, 0.6) is 0 Å². The van der Waals surface area contributed by atoms with E-state index in [0.717, 1.165) is 12.1 Å². The number of anilines is 2. The number of carbonyl (C=O) groups excluding carboxylic acids is 1. The molecule has 1 aromatic heterocycles. The lowest BCUT2D eigenvalue weighted by atomic mass is 10.2. The van der Waals surface area contributed by atoms with Crippen molar-refractivity contribution >= 4 is 29.1 Å². The number of para-hydroxylation sites is 1. The molecular formula is C20H19ClN4O. The normalized spacial score (nSPS) is 10.4. The van der Waals surface area contributed by atoms with Gasteiger partial charge < -0.3 is 10.2 Å². The van der Waals surface area contributed by atoms with Gasteiger partial charge in [-0.15, -0.1) is 0 Å². The van der Waals surface area contributed by atoms with Gasteiger partial charge in [-0.25, -0.2) is 9.97 Å². The maximum Gasteiger partial charge on any atom is 0.274 e. The smallest absolute Gasteiger partial charge is 0.274 e. The van der Waals surface area contributed by atoms with Gasteiger partial charge in [-0.3, -0.25) is 4.79 Å². The van der Waals surface area contributed by atoms with Crippen LogP contribution in [0.15, 0.2) is 66.9 Å². The fourth-order valence-corrected chi connectivity index (χ4v) is 2.69. The first-order valence-corrected chi connectivity index (χ1v) is 8.73. The molecule has 1 amide bonds. The highest BCUT2D eigenvalue weighted by Gasteiger charge is 2.14. The van der Waals surface area contributed by atoms with Crippen LogP contribution in [0.3, 0.4) is 0 Å². The molecule has 3 aromatic rings. The number of hydrogen-bond donors (Lipinski definition) is 1. The number of carbonyl (C=O) groups is 1. The molecule has 1 N–H and O–H groups in total. The number of amides is 1. The molecule has 0 saturated carbocycles. The highest BCUT2D eigenvalue weighted by Crippen LogP contribution is 2.21. The topological polar surface area (TPSA) is 58.1 Å². The van der Waals surface area contributed by atoms with E-state index in [2.05, 4.69) is 27.4 Å². The lowest BCUT2D eigenvalue weighted by Crippen LogP contribution is -2.25. The average molecular weight is 367 g/mol. The average Bonchev–Trinajstić information content (AvgIpc) is 2.69. The summed E-state index contributed by atoms with van der Waals surface area (Å²) in [6.07, 6.45) is 1.59. The van der Waals surface area contributed by atoms with E-state index in [-0.39, 0.29) is 5.91 Å². The summed E-state index contributed by atoms with van der Waals surface area (Å²) >= 11 is 6.09. The molecule has 0 radical (unpaired) electrons. The van der Waals surface area contributed by atoms with Crippen LogP contribution >= 0.6 is 11.6 Å². The van der Waals surface area contributed by atoms with Crippen LogP contribution in [0.2, 0.25) is 5.02 Å². The predicted octanol–water partition coefficient (Wildman–Crippen LogP) is 4.41. The van der Waals surface area contributed by atoms with E-state index in [0.29, 0.717) is 28.9 Å². The number of nitrogens with one attached hydrogen (secondary N) is 1. The Hall–Kier alpha value is -2.92. The lowest BCUT2D eigenvalue weighted by molar-refractivity contribution is 0.102. The maximum atomic E-state index is 12.5. The van der Waals surface area contributed by atoms with Crippen molar-refractivity contribution in [3.05, 3.63) is 83.1 Å². The molecule has 3 rings (SSSR count). The van der Waals surface area contributed by atoms with Crippen molar-refractivity contribution in [1.82, 2.24) is 9.97 Å². The summed E-state index contributed by atoms with van der Waals surface area (Å²) in [6, 6.07) is 18.8. The molecule has 0 unspecified atom stereocenters. The molecule has 5 nitrogen and oxygen atoms in total. The van der Waals surface area contributed by atoms with Gasteiger partial charge in [0.15, 0.2) is 0 Å². The third-order valence-corrected chi connectivity index (χ3v) is 4.21. The summed E-state index contributed by atoms with van der Waals surface area (Å²) in [5, 5.41) is 3.26. The SMILES string of the molecule is CCN(Cc1ccccc1)c1nccc(C(=O)Nc2ccccc2Cl)n1. The molecule has 1 heterocycles. The predicted molar refractivity (Wildman–Crippen MR) is 105 cm³/mol. The third-order valence-electron chi connectivity index (χ3n) is 3.88. The quantitative estimate of drug-likeness (QED) is 0.702. The van der Waals surface area contributed by atoms with E-state index in [1.807, 2.05) is 42.2 Å². The van der Waals surface area contributed by atoms with Crippen LogP contribution in [0.4, 0.5) is 11.6 Å². The van der Waals surface area contributed by atoms with Crippen LogP contribution in [-0.2, 0) is 6.54 Å². The number of benzene rings is 2. The summed E-state index contributed by atoms with van der Waals surface area (Å²) < 4.78 is 0. The first-order chi connectivity index (χ1) is 12.7. The molecule has 0 aliphatic heterocycles. The minimum atomic E-state index is -0.322. The first-order valence-electron chi connectivity index (χ1n) is 8.35. The number of nitrogens with zero attached hydrogens (tertiary/aromatic N) is 3. The summed E-state index contributed by atoms with van der Waals surface area (Å²) in [5.74, 6) is 0.195. The van der Waals surface area contributed by atoms with Gasteiger partial charge in [-0.2, -0.15) is 0 Å². The monoisotopic (exact) mass is 366 g/mol. The molecular weight excluding hydrogens is 348 g/mol. The summed E-state index contributed by atoms with van der Waals surface area (Å²) in [4.78, 5) is 23.3. The Kier molecular flexibility index (Phi) is 5.81. The van der Waals surface area contributed by atoms with Crippen LogP contribution in [0.25, 0.3) is 0 Å². The van der Waals surface area contributed by atoms with E-state index < -0.39 is 0 Å². The lowest BCUT2D eigenvalue weighted by Gasteiger charge is -2.21. The fraction of sp³-hybridized carbons (Fsp3) is 0.150.